The lowest BCUT2D eigenvalue weighted by molar-refractivity contribution is -0.118. The van der Waals surface area contributed by atoms with Gasteiger partial charge in [0.25, 0.3) is 0 Å². The molecule has 3 aliphatic carbocycles. The number of hydrogen-bond donors (Lipinski definition) is 3. The number of nitrogens with one attached hydrogen (secondary N) is 1. The predicted molar refractivity (Wildman–Crippen MR) is 112 cm³/mol. The number of fused-ring (bicyclic) bond motifs is 1. The van der Waals surface area contributed by atoms with E-state index >= 15 is 0 Å². The summed E-state index contributed by atoms with van der Waals surface area (Å²) in [4.78, 5) is 2.22. The van der Waals surface area contributed by atoms with Crippen LogP contribution in [-0.4, -0.2) is 61.1 Å². The van der Waals surface area contributed by atoms with Crippen LogP contribution in [0.5, 0.6) is 0 Å². The molecule has 0 spiro atoms. The van der Waals surface area contributed by atoms with E-state index in [1.807, 2.05) is 0 Å². The van der Waals surface area contributed by atoms with Crippen molar-refractivity contribution in [1.29, 1.82) is 0 Å². The molecule has 3 rings (SSSR count). The van der Waals surface area contributed by atoms with Gasteiger partial charge in [-0.3, -0.25) is 0 Å². The first-order chi connectivity index (χ1) is 12.7. The molecule has 3 saturated carbocycles. The molecule has 0 aromatic heterocycles. The van der Waals surface area contributed by atoms with Gasteiger partial charge in [-0.05, 0) is 94.2 Å². The van der Waals surface area contributed by atoms with Crippen LogP contribution in [0, 0.1) is 28.6 Å². The van der Waals surface area contributed by atoms with E-state index in [0.717, 1.165) is 32.5 Å². The molecule has 0 saturated heterocycles. The lowest BCUT2D eigenvalue weighted by Gasteiger charge is -2.55. The highest BCUT2D eigenvalue weighted by Crippen LogP contribution is 2.62. The molecule has 0 heterocycles. The van der Waals surface area contributed by atoms with Gasteiger partial charge in [-0.1, -0.05) is 26.0 Å². The summed E-state index contributed by atoms with van der Waals surface area (Å²) >= 11 is 0. The molecule has 3 aliphatic rings. The smallest absolute Gasteiger partial charge is 0.0621 e. The number of aliphatic hydroxyl groups is 2. The minimum Gasteiger partial charge on any atom is -0.393 e. The van der Waals surface area contributed by atoms with Gasteiger partial charge in [-0.2, -0.15) is 0 Å². The Balaban J connectivity index is 1.79. The van der Waals surface area contributed by atoms with Crippen molar-refractivity contribution in [2.75, 3.05) is 33.7 Å². The molecule has 0 amide bonds. The number of nitrogens with zero attached hydrogens (tertiary/aromatic N) is 1. The minimum atomic E-state index is -0.385. The highest BCUT2D eigenvalue weighted by atomic mass is 16.3. The van der Waals surface area contributed by atoms with Gasteiger partial charge in [0.05, 0.1) is 12.2 Å². The summed E-state index contributed by atoms with van der Waals surface area (Å²) in [6.45, 7) is 12.3. The SMILES string of the molecule is C=C1CCC2C(CNCCN(C)C)C(C3(C)CCC(O)CC3O)CCC12C. The molecule has 0 aromatic rings. The molecular formula is C23H42N2O2. The third-order valence-electron chi connectivity index (χ3n) is 8.63. The first kappa shape index (κ1) is 21.3. The number of likely N-dealkylation sites (N-methyl/N-ethyl adjacent to an activating group) is 1. The van der Waals surface area contributed by atoms with Crippen molar-refractivity contribution < 1.29 is 10.2 Å². The molecule has 3 fully saturated rings. The van der Waals surface area contributed by atoms with Crippen LogP contribution >= 0.6 is 0 Å². The van der Waals surface area contributed by atoms with Gasteiger partial charge in [0.2, 0.25) is 0 Å². The molecule has 4 heteroatoms. The zero-order chi connectivity index (χ0) is 19.8. The Labute approximate surface area is 166 Å². The van der Waals surface area contributed by atoms with Crippen molar-refractivity contribution in [2.24, 2.45) is 28.6 Å². The van der Waals surface area contributed by atoms with E-state index < -0.39 is 0 Å². The number of aliphatic hydroxyl groups excluding tert-OH is 2. The Morgan fingerprint density at radius 2 is 1.85 bits per heavy atom. The van der Waals surface area contributed by atoms with Gasteiger partial charge < -0.3 is 20.4 Å². The van der Waals surface area contributed by atoms with Crippen LogP contribution in [-0.2, 0) is 0 Å². The fourth-order valence-electron chi connectivity index (χ4n) is 6.59. The minimum absolute atomic E-state index is 0.0711. The van der Waals surface area contributed by atoms with Gasteiger partial charge >= 0.3 is 0 Å². The van der Waals surface area contributed by atoms with Gasteiger partial charge in [-0.25, -0.2) is 0 Å². The molecule has 7 unspecified atom stereocenters. The van der Waals surface area contributed by atoms with Crippen molar-refractivity contribution in [1.82, 2.24) is 10.2 Å². The van der Waals surface area contributed by atoms with Crippen molar-refractivity contribution >= 4 is 0 Å². The number of hydrogen-bond acceptors (Lipinski definition) is 4. The molecular weight excluding hydrogens is 336 g/mol. The summed E-state index contributed by atoms with van der Waals surface area (Å²) < 4.78 is 0. The Morgan fingerprint density at radius 1 is 1.11 bits per heavy atom. The van der Waals surface area contributed by atoms with Crippen LogP contribution < -0.4 is 5.32 Å². The van der Waals surface area contributed by atoms with Crippen molar-refractivity contribution in [3.8, 4) is 0 Å². The first-order valence-electron chi connectivity index (χ1n) is 11.1. The second-order valence-corrected chi connectivity index (χ2v) is 10.4. The maximum atomic E-state index is 11.0. The highest BCUT2D eigenvalue weighted by molar-refractivity contribution is 5.21. The lowest BCUT2D eigenvalue weighted by Crippen LogP contribution is -2.54. The van der Waals surface area contributed by atoms with Crippen LogP contribution in [0.2, 0.25) is 0 Å². The molecule has 0 bridgehead atoms. The normalized spacial score (nSPS) is 45.3. The maximum absolute atomic E-state index is 11.0. The van der Waals surface area contributed by atoms with E-state index in [0.29, 0.717) is 24.2 Å². The summed E-state index contributed by atoms with van der Waals surface area (Å²) in [5, 5.41) is 24.7. The zero-order valence-corrected chi connectivity index (χ0v) is 18.0. The van der Waals surface area contributed by atoms with E-state index in [4.69, 9.17) is 0 Å². The number of rotatable bonds is 6. The Bertz CT molecular complexity index is 536. The number of allylic oxidation sites excluding steroid dienone is 1. The lowest BCUT2D eigenvalue weighted by atomic mass is 9.51. The third-order valence-corrected chi connectivity index (χ3v) is 8.63. The van der Waals surface area contributed by atoms with E-state index in [9.17, 15) is 10.2 Å². The molecule has 0 radical (unpaired) electrons. The second-order valence-electron chi connectivity index (χ2n) is 10.4. The molecule has 0 aromatic carbocycles. The van der Waals surface area contributed by atoms with E-state index in [-0.39, 0.29) is 23.0 Å². The Kier molecular flexibility index (Phi) is 6.42. The Morgan fingerprint density at radius 3 is 2.52 bits per heavy atom. The molecule has 4 nitrogen and oxygen atoms in total. The highest BCUT2D eigenvalue weighted by Gasteiger charge is 2.56. The van der Waals surface area contributed by atoms with E-state index in [1.54, 1.807) is 0 Å². The maximum Gasteiger partial charge on any atom is 0.0621 e. The van der Waals surface area contributed by atoms with Crippen LogP contribution in [0.4, 0.5) is 0 Å². The van der Waals surface area contributed by atoms with Gasteiger partial charge in [-0.15, -0.1) is 0 Å². The topological polar surface area (TPSA) is 55.7 Å². The van der Waals surface area contributed by atoms with Crippen molar-refractivity contribution in [2.45, 2.75) is 71.0 Å². The van der Waals surface area contributed by atoms with Crippen LogP contribution in [0.15, 0.2) is 12.2 Å². The average Bonchev–Trinajstić information content (AvgIpc) is 2.90. The summed E-state index contributed by atoms with van der Waals surface area (Å²) in [7, 11) is 4.24. The first-order valence-corrected chi connectivity index (χ1v) is 11.1. The Hall–Kier alpha value is -0.420. The molecule has 27 heavy (non-hydrogen) atoms. The van der Waals surface area contributed by atoms with Gasteiger partial charge in [0, 0.05) is 13.1 Å². The largest absolute Gasteiger partial charge is 0.393 e. The predicted octanol–water partition coefficient (Wildman–Crippen LogP) is 3.05. The average molecular weight is 379 g/mol. The van der Waals surface area contributed by atoms with E-state index in [1.165, 1.54) is 31.3 Å². The molecule has 0 aliphatic heterocycles. The van der Waals surface area contributed by atoms with Crippen LogP contribution in [0.1, 0.15) is 58.8 Å². The van der Waals surface area contributed by atoms with Crippen LogP contribution in [0.25, 0.3) is 0 Å². The molecule has 156 valence electrons. The van der Waals surface area contributed by atoms with Crippen molar-refractivity contribution in [3.63, 3.8) is 0 Å². The molecule has 7 atom stereocenters. The fourth-order valence-corrected chi connectivity index (χ4v) is 6.59. The summed E-state index contributed by atoms with van der Waals surface area (Å²) in [6.07, 6.45) is 6.41. The molecule has 3 N–H and O–H groups in total. The zero-order valence-electron chi connectivity index (χ0n) is 18.0. The summed E-state index contributed by atoms with van der Waals surface area (Å²) in [6, 6.07) is 0. The van der Waals surface area contributed by atoms with Crippen LogP contribution in [0.3, 0.4) is 0 Å². The van der Waals surface area contributed by atoms with Gasteiger partial charge in [0.15, 0.2) is 0 Å². The summed E-state index contributed by atoms with van der Waals surface area (Å²) in [5.74, 6) is 1.78. The second kappa shape index (κ2) is 8.14. The quantitative estimate of drug-likeness (QED) is 0.491. The fraction of sp³-hybridized carbons (Fsp3) is 0.913. The monoisotopic (exact) mass is 378 g/mol. The van der Waals surface area contributed by atoms with Crippen molar-refractivity contribution in [3.05, 3.63) is 12.2 Å². The standard InChI is InChI=1S/C23H42N2O2/c1-16-6-7-19-18(15-24-12-13-25(4)5)20(9-11-22(16,19)2)23(3)10-8-17(26)14-21(23)27/h17-21,24,26-27H,1,6-15H2,2-5H3. The van der Waals surface area contributed by atoms with Gasteiger partial charge in [0.1, 0.15) is 0 Å². The summed E-state index contributed by atoms with van der Waals surface area (Å²) in [5.41, 5.74) is 1.66. The third kappa shape index (κ3) is 4.01. The van der Waals surface area contributed by atoms with E-state index in [2.05, 4.69) is 44.7 Å².